The molecule has 0 bridgehead atoms. The fourth-order valence-corrected chi connectivity index (χ4v) is 1.42. The number of amides is 2. The van der Waals surface area contributed by atoms with Gasteiger partial charge in [-0.3, -0.25) is 9.78 Å². The zero-order valence-corrected chi connectivity index (χ0v) is 11.0. The minimum atomic E-state index is -1.12. The molecule has 0 fully saturated rings. The molecule has 0 saturated heterocycles. The Bertz CT molecular complexity index is 485. The molecule has 0 atom stereocenters. The van der Waals surface area contributed by atoms with E-state index in [1.807, 2.05) is 0 Å². The highest BCUT2D eigenvalue weighted by molar-refractivity contribution is 5.91. The molecule has 0 spiro atoms. The van der Waals surface area contributed by atoms with Crippen molar-refractivity contribution in [2.75, 3.05) is 11.9 Å². The third-order valence-electron chi connectivity index (χ3n) is 2.30. The summed E-state index contributed by atoms with van der Waals surface area (Å²) in [7, 11) is 0. The predicted molar refractivity (Wildman–Crippen MR) is 67.3 cm³/mol. The molecule has 7 heteroatoms. The van der Waals surface area contributed by atoms with Gasteiger partial charge in [-0.05, 0) is 20.8 Å². The maximum Gasteiger partial charge on any atom is 0.323 e. The molecule has 0 saturated carbocycles. The highest BCUT2D eigenvalue weighted by Gasteiger charge is 2.28. The molecule has 1 heterocycles. The van der Waals surface area contributed by atoms with Crippen molar-refractivity contribution in [2.45, 2.75) is 26.3 Å². The number of halogens is 1. The Morgan fingerprint density at radius 3 is 2.53 bits per heavy atom. The summed E-state index contributed by atoms with van der Waals surface area (Å²) in [6.07, 6.45) is 2.29. The molecule has 0 aliphatic heterocycles. The number of anilines is 1. The van der Waals surface area contributed by atoms with Crippen LogP contribution in [0, 0.1) is 5.82 Å². The fraction of sp³-hybridized carbons (Fsp3) is 0.417. The maximum absolute atomic E-state index is 12.9. The van der Waals surface area contributed by atoms with Crippen molar-refractivity contribution >= 4 is 17.7 Å². The lowest BCUT2D eigenvalue weighted by Crippen LogP contribution is -2.50. The van der Waals surface area contributed by atoms with E-state index in [4.69, 9.17) is 5.11 Å². The lowest BCUT2D eigenvalue weighted by Gasteiger charge is -2.34. The number of pyridine rings is 1. The number of carboxylic acid groups (broad SMARTS) is 1. The smallest absolute Gasteiger partial charge is 0.323 e. The largest absolute Gasteiger partial charge is 0.480 e. The quantitative estimate of drug-likeness (QED) is 0.878. The van der Waals surface area contributed by atoms with Gasteiger partial charge in [0.25, 0.3) is 0 Å². The molecule has 1 aromatic rings. The summed E-state index contributed by atoms with van der Waals surface area (Å²) in [6.45, 7) is 4.68. The molecule has 1 aromatic heterocycles. The maximum atomic E-state index is 12.9. The summed E-state index contributed by atoms with van der Waals surface area (Å²) in [5.74, 6) is -1.71. The highest BCUT2D eigenvalue weighted by Crippen LogP contribution is 2.16. The summed E-state index contributed by atoms with van der Waals surface area (Å²) in [6, 6.07) is 0.481. The third-order valence-corrected chi connectivity index (χ3v) is 2.30. The molecule has 6 nitrogen and oxygen atoms in total. The highest BCUT2D eigenvalue weighted by atomic mass is 19.1. The van der Waals surface area contributed by atoms with Crippen molar-refractivity contribution in [2.24, 2.45) is 0 Å². The first-order chi connectivity index (χ1) is 8.70. The molecule has 0 aromatic carbocycles. The second-order valence-electron chi connectivity index (χ2n) is 4.97. The zero-order valence-electron chi connectivity index (χ0n) is 11.0. The van der Waals surface area contributed by atoms with Gasteiger partial charge in [0.1, 0.15) is 12.4 Å². The minimum Gasteiger partial charge on any atom is -0.480 e. The van der Waals surface area contributed by atoms with Crippen LogP contribution in [0.4, 0.5) is 14.9 Å². The number of hydrogen-bond acceptors (Lipinski definition) is 3. The van der Waals surface area contributed by atoms with Gasteiger partial charge in [-0.2, -0.15) is 0 Å². The number of carbonyl (C=O) groups excluding carboxylic acids is 1. The first-order valence-electron chi connectivity index (χ1n) is 5.61. The van der Waals surface area contributed by atoms with E-state index in [-0.39, 0.29) is 5.69 Å². The Morgan fingerprint density at radius 1 is 1.42 bits per heavy atom. The Morgan fingerprint density at radius 2 is 2.05 bits per heavy atom. The number of hydrogen-bond donors (Lipinski definition) is 2. The van der Waals surface area contributed by atoms with E-state index in [2.05, 4.69) is 10.3 Å². The average molecular weight is 269 g/mol. The summed E-state index contributed by atoms with van der Waals surface area (Å²) >= 11 is 0. The minimum absolute atomic E-state index is 0.171. The molecular formula is C12H16FN3O3. The van der Waals surface area contributed by atoms with Crippen LogP contribution in [0.2, 0.25) is 0 Å². The first-order valence-corrected chi connectivity index (χ1v) is 5.61. The third kappa shape index (κ3) is 4.53. The Hall–Kier alpha value is -2.18. The molecule has 0 aliphatic rings. The van der Waals surface area contributed by atoms with Gasteiger partial charge in [0.2, 0.25) is 0 Å². The summed E-state index contributed by atoms with van der Waals surface area (Å²) in [4.78, 5) is 27.5. The molecule has 2 N–H and O–H groups in total. The predicted octanol–water partition coefficient (Wildman–Crippen LogP) is 1.94. The van der Waals surface area contributed by atoms with Gasteiger partial charge in [-0.15, -0.1) is 0 Å². The van der Waals surface area contributed by atoms with Gasteiger partial charge in [0, 0.05) is 11.6 Å². The monoisotopic (exact) mass is 269 g/mol. The van der Waals surface area contributed by atoms with Crippen LogP contribution < -0.4 is 5.32 Å². The van der Waals surface area contributed by atoms with Crippen LogP contribution in [0.3, 0.4) is 0 Å². The number of nitrogens with zero attached hydrogens (tertiary/aromatic N) is 2. The van der Waals surface area contributed by atoms with Crippen LogP contribution in [0.1, 0.15) is 20.8 Å². The molecule has 1 rings (SSSR count). The molecule has 0 radical (unpaired) electrons. The molecule has 0 unspecified atom stereocenters. The SMILES string of the molecule is CC(C)(C)N(CC(=O)O)C(=O)Nc1cncc(F)c1. The number of carboxylic acids is 1. The number of aromatic nitrogens is 1. The van der Waals surface area contributed by atoms with E-state index >= 15 is 0 Å². The van der Waals surface area contributed by atoms with Gasteiger partial charge >= 0.3 is 12.0 Å². The van der Waals surface area contributed by atoms with E-state index in [9.17, 15) is 14.0 Å². The lowest BCUT2D eigenvalue weighted by atomic mass is 10.1. The van der Waals surface area contributed by atoms with E-state index in [1.54, 1.807) is 20.8 Å². The average Bonchev–Trinajstić information content (AvgIpc) is 2.24. The number of rotatable bonds is 3. The first kappa shape index (κ1) is 14.9. The van der Waals surface area contributed by atoms with E-state index < -0.39 is 29.9 Å². The van der Waals surface area contributed by atoms with Crippen molar-refractivity contribution in [1.82, 2.24) is 9.88 Å². The van der Waals surface area contributed by atoms with E-state index in [1.165, 1.54) is 6.20 Å². The lowest BCUT2D eigenvalue weighted by molar-refractivity contribution is -0.138. The number of urea groups is 1. The van der Waals surface area contributed by atoms with Crippen LogP contribution in [0.15, 0.2) is 18.5 Å². The van der Waals surface area contributed by atoms with Gasteiger partial charge in [0.05, 0.1) is 18.1 Å². The van der Waals surface area contributed by atoms with E-state index in [0.717, 1.165) is 17.2 Å². The van der Waals surface area contributed by atoms with Crippen molar-refractivity contribution in [1.29, 1.82) is 0 Å². The number of aliphatic carboxylic acids is 1. The van der Waals surface area contributed by atoms with Crippen LogP contribution in [0.5, 0.6) is 0 Å². The van der Waals surface area contributed by atoms with Crippen molar-refractivity contribution < 1.29 is 19.1 Å². The second-order valence-corrected chi connectivity index (χ2v) is 4.97. The van der Waals surface area contributed by atoms with Crippen LogP contribution in [-0.2, 0) is 4.79 Å². The fourth-order valence-electron chi connectivity index (χ4n) is 1.42. The molecular weight excluding hydrogens is 253 g/mol. The molecule has 104 valence electrons. The Kier molecular flexibility index (Phi) is 4.42. The van der Waals surface area contributed by atoms with Gasteiger partial charge < -0.3 is 15.3 Å². The normalized spacial score (nSPS) is 10.9. The van der Waals surface area contributed by atoms with Gasteiger partial charge in [0.15, 0.2) is 0 Å². The standard InChI is InChI=1S/C12H16FN3O3/c1-12(2,3)16(7-10(17)18)11(19)15-9-4-8(13)5-14-6-9/h4-6H,7H2,1-3H3,(H,15,19)(H,17,18). The van der Waals surface area contributed by atoms with E-state index in [0.29, 0.717) is 0 Å². The van der Waals surface area contributed by atoms with Crippen molar-refractivity contribution in [3.63, 3.8) is 0 Å². The van der Waals surface area contributed by atoms with Crippen LogP contribution in [0.25, 0.3) is 0 Å². The summed E-state index contributed by atoms with van der Waals surface area (Å²) in [5, 5.41) is 11.2. The zero-order chi connectivity index (χ0) is 14.6. The second kappa shape index (κ2) is 5.64. The van der Waals surface area contributed by atoms with Crippen LogP contribution >= 0.6 is 0 Å². The summed E-state index contributed by atoms with van der Waals surface area (Å²) in [5.41, 5.74) is -0.506. The van der Waals surface area contributed by atoms with Crippen LogP contribution in [-0.4, -0.2) is 39.1 Å². The topological polar surface area (TPSA) is 82.5 Å². The Balaban J connectivity index is 2.86. The van der Waals surface area contributed by atoms with Crippen molar-refractivity contribution in [3.05, 3.63) is 24.3 Å². The van der Waals surface area contributed by atoms with Gasteiger partial charge in [-0.1, -0.05) is 0 Å². The molecule has 19 heavy (non-hydrogen) atoms. The Labute approximate surface area is 110 Å². The number of carbonyl (C=O) groups is 2. The van der Waals surface area contributed by atoms with Gasteiger partial charge in [-0.25, -0.2) is 9.18 Å². The van der Waals surface area contributed by atoms with Crippen molar-refractivity contribution in [3.8, 4) is 0 Å². The molecule has 0 aliphatic carbocycles. The summed E-state index contributed by atoms with van der Waals surface area (Å²) < 4.78 is 12.9. The molecule has 2 amide bonds. The number of nitrogens with one attached hydrogen (secondary N) is 1.